The van der Waals surface area contributed by atoms with Gasteiger partial charge in [0.05, 0.1) is 36.6 Å². The first-order chi connectivity index (χ1) is 21.8. The molecule has 47 heavy (non-hydrogen) atoms. The van der Waals surface area contributed by atoms with Crippen LogP contribution in [0.2, 0.25) is 0 Å². The smallest absolute Gasteiger partial charge is 0.303 e. The van der Waals surface area contributed by atoms with Gasteiger partial charge in [-0.3, -0.25) is 4.79 Å². The van der Waals surface area contributed by atoms with Gasteiger partial charge in [0, 0.05) is 12.3 Å². The van der Waals surface area contributed by atoms with Crippen molar-refractivity contribution in [3.63, 3.8) is 0 Å². The molecule has 10 heteroatoms. The molecule has 2 saturated heterocycles. The Morgan fingerprint density at radius 2 is 1.60 bits per heavy atom. The van der Waals surface area contributed by atoms with E-state index in [-0.39, 0.29) is 51.6 Å². The molecule has 2 aliphatic heterocycles. The molecule has 10 nitrogen and oxygen atoms in total. The minimum atomic E-state index is -1.30. The van der Waals surface area contributed by atoms with Gasteiger partial charge in [-0.05, 0) is 111 Å². The second-order valence-corrected chi connectivity index (χ2v) is 18.6. The van der Waals surface area contributed by atoms with Gasteiger partial charge >= 0.3 is 5.97 Å². The van der Waals surface area contributed by atoms with Crippen LogP contribution in [0.25, 0.3) is 0 Å². The molecule has 0 aromatic heterocycles. The van der Waals surface area contributed by atoms with E-state index >= 15 is 0 Å². The number of carbonyl (C=O) groups excluding carboxylic acids is 1. The van der Waals surface area contributed by atoms with Gasteiger partial charge in [0.25, 0.3) is 0 Å². The molecule has 0 unspecified atom stereocenters. The molecule has 0 amide bonds. The van der Waals surface area contributed by atoms with E-state index in [4.69, 9.17) is 18.9 Å². The highest BCUT2D eigenvalue weighted by atomic mass is 16.7. The van der Waals surface area contributed by atoms with Crippen molar-refractivity contribution in [3.05, 3.63) is 0 Å². The molecule has 17 atom stereocenters. The summed E-state index contributed by atoms with van der Waals surface area (Å²) in [5, 5.41) is 54.3. The van der Waals surface area contributed by atoms with Crippen molar-refractivity contribution in [2.24, 2.45) is 50.7 Å². The second kappa shape index (κ2) is 10.8. The third-order valence-corrected chi connectivity index (χ3v) is 15.8. The van der Waals surface area contributed by atoms with Gasteiger partial charge in [-0.15, -0.1) is 0 Å². The zero-order valence-corrected chi connectivity index (χ0v) is 29.6. The zero-order valence-electron chi connectivity index (χ0n) is 29.6. The number of aliphatic hydroxyl groups excluding tert-OH is 4. The molecule has 0 aromatic carbocycles. The van der Waals surface area contributed by atoms with Crippen molar-refractivity contribution in [2.45, 2.75) is 167 Å². The molecule has 5 aliphatic carbocycles. The number of hydrogen-bond donors (Lipinski definition) is 5. The summed E-state index contributed by atoms with van der Waals surface area (Å²) in [7, 11) is 0. The first kappa shape index (κ1) is 34.6. The van der Waals surface area contributed by atoms with Crippen LogP contribution in [-0.2, 0) is 23.7 Å². The van der Waals surface area contributed by atoms with E-state index in [9.17, 15) is 30.3 Å². The van der Waals surface area contributed by atoms with E-state index in [1.54, 1.807) is 13.8 Å². The van der Waals surface area contributed by atoms with Crippen molar-refractivity contribution in [2.75, 3.05) is 6.61 Å². The highest BCUT2D eigenvalue weighted by Gasteiger charge is 2.84. The lowest BCUT2D eigenvalue weighted by molar-refractivity contribution is -0.303. The van der Waals surface area contributed by atoms with Gasteiger partial charge in [0.15, 0.2) is 12.4 Å². The minimum Gasteiger partial charge on any atom is -0.457 e. The van der Waals surface area contributed by atoms with Crippen LogP contribution in [0.4, 0.5) is 0 Å². The Balaban J connectivity index is 1.14. The van der Waals surface area contributed by atoms with Crippen LogP contribution >= 0.6 is 0 Å². The summed E-state index contributed by atoms with van der Waals surface area (Å²) in [5.74, 6) is 0.717. The maximum Gasteiger partial charge on any atom is 0.303 e. The fourth-order valence-electron chi connectivity index (χ4n) is 13.7. The third kappa shape index (κ3) is 4.54. The second-order valence-electron chi connectivity index (χ2n) is 18.6. The zero-order chi connectivity index (χ0) is 34.3. The summed E-state index contributed by atoms with van der Waals surface area (Å²) < 4.78 is 24.6. The fourth-order valence-corrected chi connectivity index (χ4v) is 13.7. The first-order valence-electron chi connectivity index (χ1n) is 18.3. The lowest BCUT2D eigenvalue weighted by atomic mass is 9.41. The summed E-state index contributed by atoms with van der Waals surface area (Å²) in [6, 6.07) is 0. The molecule has 7 aliphatic rings. The standard InChI is InChI=1S/C37H60O10/c1-18-15-21(30(33(5,6)43)45-19(2)38)46-28-25(18)34(7)13-14-37-17-36(37)12-11-24(47-31-27(41)26(40)20(39)16-44-31)32(3,4)22(36)9-10-23(37)35(34,8)29(28)42/h18,20-31,39-43H,9-17H2,1-8H3/t18-,20+,21-,22+,23+,24+,25+,26+,27-,28+,29+,30+,31+,34-,35-,36-,37+/m1/s1. The van der Waals surface area contributed by atoms with Gasteiger partial charge in [-0.2, -0.15) is 0 Å². The molecule has 0 aromatic rings. The molecular formula is C37H60O10. The maximum absolute atomic E-state index is 12.5. The van der Waals surface area contributed by atoms with Gasteiger partial charge in [0.2, 0.25) is 0 Å². The van der Waals surface area contributed by atoms with Crippen LogP contribution in [0.3, 0.4) is 0 Å². The average molecular weight is 665 g/mol. The average Bonchev–Trinajstić information content (AvgIpc) is 3.61. The maximum atomic E-state index is 12.5. The van der Waals surface area contributed by atoms with E-state index in [0.29, 0.717) is 18.3 Å². The molecular weight excluding hydrogens is 604 g/mol. The number of aliphatic hydroxyl groups is 5. The van der Waals surface area contributed by atoms with E-state index in [0.717, 1.165) is 38.5 Å². The Bertz CT molecular complexity index is 1250. The molecule has 0 radical (unpaired) electrons. The van der Waals surface area contributed by atoms with Crippen LogP contribution in [-0.4, -0.2) is 98.8 Å². The topological polar surface area (TPSA) is 155 Å². The molecule has 7 fully saturated rings. The molecule has 5 saturated carbocycles. The van der Waals surface area contributed by atoms with Crippen molar-refractivity contribution in [3.8, 4) is 0 Å². The monoisotopic (exact) mass is 664 g/mol. The van der Waals surface area contributed by atoms with Gasteiger partial charge in [-0.1, -0.05) is 34.6 Å². The summed E-state index contributed by atoms with van der Waals surface area (Å²) in [5.41, 5.74) is -1.61. The summed E-state index contributed by atoms with van der Waals surface area (Å²) in [6.07, 6.45) is 0.712. The fraction of sp³-hybridized carbons (Fsp3) is 0.973. The first-order valence-corrected chi connectivity index (χ1v) is 18.3. The molecule has 2 heterocycles. The van der Waals surface area contributed by atoms with Crippen LogP contribution in [0.5, 0.6) is 0 Å². The lowest BCUT2D eigenvalue weighted by Gasteiger charge is -2.64. The normalized spacial score (nSPS) is 55.4. The van der Waals surface area contributed by atoms with Crippen LogP contribution in [0, 0.1) is 50.7 Å². The van der Waals surface area contributed by atoms with E-state index < -0.39 is 60.6 Å². The largest absolute Gasteiger partial charge is 0.457 e. The van der Waals surface area contributed by atoms with Crippen molar-refractivity contribution in [1.29, 1.82) is 0 Å². The van der Waals surface area contributed by atoms with Gasteiger partial charge < -0.3 is 44.5 Å². The van der Waals surface area contributed by atoms with E-state index in [1.807, 2.05) is 0 Å². The number of fused-ring (bicyclic) bond motifs is 4. The Labute approximate surface area is 279 Å². The number of carbonyl (C=O) groups is 1. The molecule has 0 bridgehead atoms. The predicted molar refractivity (Wildman–Crippen MR) is 171 cm³/mol. The van der Waals surface area contributed by atoms with Gasteiger partial charge in [0.1, 0.15) is 18.3 Å². The third-order valence-electron chi connectivity index (χ3n) is 15.8. The molecule has 5 N–H and O–H groups in total. The highest BCUT2D eigenvalue weighted by molar-refractivity contribution is 5.66. The van der Waals surface area contributed by atoms with Crippen LogP contribution in [0.1, 0.15) is 107 Å². The number of ether oxygens (including phenoxy) is 4. The predicted octanol–water partition coefficient (Wildman–Crippen LogP) is 3.33. The quantitative estimate of drug-likeness (QED) is 0.218. The Hall–Kier alpha value is -0.850. The summed E-state index contributed by atoms with van der Waals surface area (Å²) in [6.45, 7) is 16.2. The Kier molecular flexibility index (Phi) is 7.97. The van der Waals surface area contributed by atoms with Gasteiger partial charge in [-0.25, -0.2) is 0 Å². The van der Waals surface area contributed by atoms with Crippen molar-refractivity contribution in [1.82, 2.24) is 0 Å². The summed E-state index contributed by atoms with van der Waals surface area (Å²) >= 11 is 0. The number of rotatable bonds is 5. The summed E-state index contributed by atoms with van der Waals surface area (Å²) in [4.78, 5) is 12.1. The molecule has 7 rings (SSSR count). The number of hydrogen-bond acceptors (Lipinski definition) is 10. The van der Waals surface area contributed by atoms with Crippen LogP contribution < -0.4 is 0 Å². The van der Waals surface area contributed by atoms with Crippen molar-refractivity contribution < 1.29 is 49.3 Å². The molecule has 268 valence electrons. The highest BCUT2D eigenvalue weighted by Crippen LogP contribution is 2.89. The minimum absolute atomic E-state index is 0.0683. The molecule has 2 spiro atoms. The Morgan fingerprint density at radius 1 is 0.936 bits per heavy atom. The Morgan fingerprint density at radius 3 is 2.26 bits per heavy atom. The SMILES string of the molecule is CC(=O)O[C@@H]([C@H]1C[C@@H](C)[C@H]2[C@H](O1)[C@H](O)[C@@]1(C)[C@@H]3CC[C@H]4C(C)(C)[C@@H](O[C@@H]5OC[C@H](O)[C@H](O)[C@H]5O)CC[C@@]45C[C@@]35CC[C@]21C)C(C)(C)O. The van der Waals surface area contributed by atoms with E-state index in [2.05, 4.69) is 34.6 Å². The van der Waals surface area contributed by atoms with Crippen molar-refractivity contribution >= 4 is 5.97 Å². The van der Waals surface area contributed by atoms with E-state index in [1.165, 1.54) is 13.3 Å². The lowest BCUT2D eigenvalue weighted by Crippen LogP contribution is -2.61. The van der Waals surface area contributed by atoms with Crippen LogP contribution in [0.15, 0.2) is 0 Å². The number of esters is 1.